The van der Waals surface area contributed by atoms with Gasteiger partial charge in [-0.2, -0.15) is 0 Å². The predicted octanol–water partition coefficient (Wildman–Crippen LogP) is 3.02. The van der Waals surface area contributed by atoms with Gasteiger partial charge in [0.05, 0.1) is 12.8 Å². The quantitative estimate of drug-likeness (QED) is 0.683. The smallest absolute Gasteiger partial charge is 0.117 e. The van der Waals surface area contributed by atoms with Gasteiger partial charge < -0.3 is 9.73 Å². The van der Waals surface area contributed by atoms with Crippen LogP contribution in [0.1, 0.15) is 45.3 Å². The molecule has 0 amide bonds. The summed E-state index contributed by atoms with van der Waals surface area (Å²) in [6, 6.07) is 5.41. The summed E-state index contributed by atoms with van der Waals surface area (Å²) in [5.74, 6) is 1.09. The first-order valence-electron chi connectivity index (χ1n) is 7.30. The summed E-state index contributed by atoms with van der Waals surface area (Å²) >= 11 is 0. The molecule has 1 aromatic rings. The van der Waals surface area contributed by atoms with Gasteiger partial charge in [-0.1, -0.05) is 13.3 Å². The number of nitrogens with one attached hydrogen (secondary N) is 1. The summed E-state index contributed by atoms with van der Waals surface area (Å²) in [6.45, 7) is 7.73. The number of hydrogen-bond acceptors (Lipinski definition) is 3. The van der Waals surface area contributed by atoms with Gasteiger partial charge in [0.2, 0.25) is 0 Å². The van der Waals surface area contributed by atoms with Crippen molar-refractivity contribution in [2.24, 2.45) is 0 Å². The molecule has 18 heavy (non-hydrogen) atoms. The third-order valence-electron chi connectivity index (χ3n) is 3.65. The van der Waals surface area contributed by atoms with E-state index in [4.69, 9.17) is 4.42 Å². The van der Waals surface area contributed by atoms with Crippen LogP contribution in [0.15, 0.2) is 22.8 Å². The molecule has 3 heteroatoms. The van der Waals surface area contributed by atoms with Crippen LogP contribution < -0.4 is 5.32 Å². The monoisotopic (exact) mass is 250 g/mol. The fraction of sp³-hybridized carbons (Fsp3) is 0.733. The Bertz CT molecular complexity index is 319. The van der Waals surface area contributed by atoms with Crippen LogP contribution in [0, 0.1) is 0 Å². The molecule has 0 bridgehead atoms. The molecule has 1 aliphatic rings. The number of rotatable bonds is 9. The highest BCUT2D eigenvalue weighted by Gasteiger charge is 2.32. The molecule has 3 nitrogen and oxygen atoms in total. The average Bonchev–Trinajstić information content (AvgIpc) is 3.08. The van der Waals surface area contributed by atoms with Gasteiger partial charge in [-0.3, -0.25) is 4.90 Å². The Labute approximate surface area is 111 Å². The van der Waals surface area contributed by atoms with Gasteiger partial charge in [-0.05, 0) is 44.9 Å². The minimum absolute atomic E-state index is 0.583. The molecule has 1 unspecified atom stereocenters. The van der Waals surface area contributed by atoms with E-state index in [1.807, 2.05) is 6.07 Å². The third kappa shape index (κ3) is 4.14. The second-order valence-corrected chi connectivity index (χ2v) is 5.39. The van der Waals surface area contributed by atoms with E-state index in [-0.39, 0.29) is 0 Å². The number of nitrogens with zero attached hydrogens (tertiary/aromatic N) is 1. The Morgan fingerprint density at radius 3 is 2.94 bits per heavy atom. The van der Waals surface area contributed by atoms with Gasteiger partial charge in [-0.25, -0.2) is 0 Å². The Kier molecular flexibility index (Phi) is 5.26. The fourth-order valence-corrected chi connectivity index (χ4v) is 2.36. The molecule has 1 N–H and O–H groups in total. The van der Waals surface area contributed by atoms with E-state index in [1.54, 1.807) is 6.26 Å². The molecular weight excluding hydrogens is 224 g/mol. The number of hydrogen-bond donors (Lipinski definition) is 1. The van der Waals surface area contributed by atoms with Crippen LogP contribution in [-0.2, 0) is 6.54 Å². The molecule has 0 spiro atoms. The van der Waals surface area contributed by atoms with Crippen molar-refractivity contribution in [3.8, 4) is 0 Å². The molecular formula is C15H26N2O. The molecule has 1 heterocycles. The standard InChI is InChI=1S/C15H26N2O/c1-3-4-9-16-11-13(2)17(14-7-8-14)12-15-6-5-10-18-15/h5-6,10,13-14,16H,3-4,7-9,11-12H2,1-2H3. The maximum atomic E-state index is 5.47. The second-order valence-electron chi connectivity index (χ2n) is 5.39. The lowest BCUT2D eigenvalue weighted by atomic mass is 10.2. The molecule has 102 valence electrons. The van der Waals surface area contributed by atoms with Crippen molar-refractivity contribution < 1.29 is 4.42 Å². The number of unbranched alkanes of at least 4 members (excludes halogenated alkanes) is 1. The number of furan rings is 1. The van der Waals surface area contributed by atoms with E-state index in [2.05, 4.69) is 30.1 Å². The van der Waals surface area contributed by atoms with Crippen molar-refractivity contribution in [3.63, 3.8) is 0 Å². The normalized spacial score (nSPS) is 17.3. The van der Waals surface area contributed by atoms with Crippen molar-refractivity contribution in [2.45, 2.75) is 58.2 Å². The fourth-order valence-electron chi connectivity index (χ4n) is 2.36. The Balaban J connectivity index is 1.77. The van der Waals surface area contributed by atoms with Crippen LogP contribution in [0.4, 0.5) is 0 Å². The average molecular weight is 250 g/mol. The Hall–Kier alpha value is -0.800. The van der Waals surface area contributed by atoms with Crippen LogP contribution in [0.3, 0.4) is 0 Å². The predicted molar refractivity (Wildman–Crippen MR) is 74.5 cm³/mol. The van der Waals surface area contributed by atoms with Crippen molar-refractivity contribution in [1.82, 2.24) is 10.2 Å². The lowest BCUT2D eigenvalue weighted by Gasteiger charge is -2.28. The lowest BCUT2D eigenvalue weighted by molar-refractivity contribution is 0.171. The molecule has 0 saturated heterocycles. The van der Waals surface area contributed by atoms with E-state index in [0.717, 1.165) is 31.4 Å². The summed E-state index contributed by atoms with van der Waals surface area (Å²) in [6.07, 6.45) is 7.00. The van der Waals surface area contributed by atoms with E-state index < -0.39 is 0 Å². The Morgan fingerprint density at radius 1 is 1.50 bits per heavy atom. The molecule has 1 fully saturated rings. The van der Waals surface area contributed by atoms with E-state index in [9.17, 15) is 0 Å². The molecule has 1 aliphatic carbocycles. The Morgan fingerprint density at radius 2 is 2.33 bits per heavy atom. The summed E-state index contributed by atoms with van der Waals surface area (Å²) in [4.78, 5) is 2.58. The lowest BCUT2D eigenvalue weighted by Crippen LogP contribution is -2.41. The van der Waals surface area contributed by atoms with Gasteiger partial charge in [0, 0.05) is 18.6 Å². The van der Waals surface area contributed by atoms with Crippen LogP contribution in [0.2, 0.25) is 0 Å². The van der Waals surface area contributed by atoms with E-state index in [1.165, 1.54) is 25.7 Å². The minimum atomic E-state index is 0.583. The van der Waals surface area contributed by atoms with Crippen LogP contribution in [0.25, 0.3) is 0 Å². The van der Waals surface area contributed by atoms with Gasteiger partial charge in [-0.15, -0.1) is 0 Å². The summed E-state index contributed by atoms with van der Waals surface area (Å²) in [5.41, 5.74) is 0. The summed E-state index contributed by atoms with van der Waals surface area (Å²) < 4.78 is 5.47. The zero-order valence-corrected chi connectivity index (χ0v) is 11.7. The van der Waals surface area contributed by atoms with Gasteiger partial charge in [0.1, 0.15) is 5.76 Å². The SMILES string of the molecule is CCCCNCC(C)N(Cc1ccco1)C1CC1. The minimum Gasteiger partial charge on any atom is -0.468 e. The molecule has 1 saturated carbocycles. The van der Waals surface area contributed by atoms with Crippen molar-refractivity contribution >= 4 is 0 Å². The van der Waals surface area contributed by atoms with Gasteiger partial charge in [0.15, 0.2) is 0 Å². The largest absolute Gasteiger partial charge is 0.468 e. The molecule has 0 aliphatic heterocycles. The summed E-state index contributed by atoms with van der Waals surface area (Å²) in [5, 5.41) is 3.56. The van der Waals surface area contributed by atoms with E-state index in [0.29, 0.717) is 6.04 Å². The zero-order chi connectivity index (χ0) is 12.8. The first-order valence-corrected chi connectivity index (χ1v) is 7.30. The topological polar surface area (TPSA) is 28.4 Å². The van der Waals surface area contributed by atoms with Crippen LogP contribution >= 0.6 is 0 Å². The first kappa shape index (κ1) is 13.6. The zero-order valence-electron chi connectivity index (χ0n) is 11.7. The van der Waals surface area contributed by atoms with Crippen LogP contribution in [-0.4, -0.2) is 30.1 Å². The highest BCUT2D eigenvalue weighted by molar-refractivity contribution is 5.00. The first-order chi connectivity index (χ1) is 8.81. The van der Waals surface area contributed by atoms with Crippen molar-refractivity contribution in [1.29, 1.82) is 0 Å². The molecule has 1 atom stereocenters. The van der Waals surface area contributed by atoms with Crippen molar-refractivity contribution in [2.75, 3.05) is 13.1 Å². The molecule has 2 rings (SSSR count). The van der Waals surface area contributed by atoms with Gasteiger partial charge >= 0.3 is 0 Å². The van der Waals surface area contributed by atoms with Gasteiger partial charge in [0.25, 0.3) is 0 Å². The van der Waals surface area contributed by atoms with Crippen LogP contribution in [0.5, 0.6) is 0 Å². The highest BCUT2D eigenvalue weighted by Crippen LogP contribution is 2.30. The summed E-state index contributed by atoms with van der Waals surface area (Å²) in [7, 11) is 0. The maximum Gasteiger partial charge on any atom is 0.117 e. The highest BCUT2D eigenvalue weighted by atomic mass is 16.3. The maximum absolute atomic E-state index is 5.47. The molecule has 0 radical (unpaired) electrons. The molecule has 0 aromatic carbocycles. The van der Waals surface area contributed by atoms with Crippen molar-refractivity contribution in [3.05, 3.63) is 24.2 Å². The van der Waals surface area contributed by atoms with E-state index >= 15 is 0 Å². The second kappa shape index (κ2) is 6.95. The third-order valence-corrected chi connectivity index (χ3v) is 3.65. The molecule has 1 aromatic heterocycles.